The summed E-state index contributed by atoms with van der Waals surface area (Å²) in [4.78, 5) is 0. The van der Waals surface area contributed by atoms with Crippen LogP contribution in [-0.2, 0) is 4.74 Å². The average molecular weight is 104 g/mol. The molecule has 0 N–H and O–H groups in total. The van der Waals surface area contributed by atoms with E-state index in [4.69, 9.17) is 4.74 Å². The van der Waals surface area contributed by atoms with Crippen molar-refractivity contribution in [1.29, 1.82) is 0 Å². The van der Waals surface area contributed by atoms with Crippen molar-refractivity contribution in [2.75, 3.05) is 13.0 Å². The predicted molar refractivity (Wildman–Crippen MR) is 28.0 cm³/mol. The van der Waals surface area contributed by atoms with Crippen LogP contribution in [-0.4, -0.2) is 13.0 Å². The molecule has 0 saturated heterocycles. The second-order valence-corrected chi connectivity index (χ2v) is 1.30. The van der Waals surface area contributed by atoms with Gasteiger partial charge in [-0.05, 0) is 15.7 Å². The second kappa shape index (κ2) is 5.39. The fourth-order valence-electron chi connectivity index (χ4n) is 0.209. The topological polar surface area (TPSA) is 9.23 Å². The standard InChI is InChI=1S/C4H9OP/c1-2-3-5-4-6/h2-4H2,1H3. The number of ether oxygens (including phenoxy) is 1. The van der Waals surface area contributed by atoms with E-state index in [-0.39, 0.29) is 0 Å². The Morgan fingerprint density at radius 2 is 2.33 bits per heavy atom. The first kappa shape index (κ1) is 6.39. The van der Waals surface area contributed by atoms with E-state index in [1.807, 2.05) is 0 Å². The summed E-state index contributed by atoms with van der Waals surface area (Å²) < 4.78 is 4.85. The number of hydrogen-bond donors (Lipinski definition) is 0. The van der Waals surface area contributed by atoms with Gasteiger partial charge in [-0.25, -0.2) is 0 Å². The average Bonchev–Trinajstić information content (AvgIpc) is 1.61. The van der Waals surface area contributed by atoms with Gasteiger partial charge in [-0.1, -0.05) is 6.92 Å². The molecule has 1 nitrogen and oxygen atoms in total. The molecule has 0 bridgehead atoms. The molecule has 0 fully saturated rings. The van der Waals surface area contributed by atoms with Gasteiger partial charge in [0, 0.05) is 6.61 Å². The van der Waals surface area contributed by atoms with Gasteiger partial charge >= 0.3 is 0 Å². The third kappa shape index (κ3) is 4.39. The fourth-order valence-corrected chi connectivity index (χ4v) is 0.338. The van der Waals surface area contributed by atoms with Crippen LogP contribution in [0.15, 0.2) is 0 Å². The quantitative estimate of drug-likeness (QED) is 0.391. The van der Waals surface area contributed by atoms with Crippen LogP contribution in [0.2, 0.25) is 0 Å². The Bertz CT molecular complexity index is 19.5. The SMILES string of the molecule is CCCOC[P]. The molecule has 0 aromatic rings. The van der Waals surface area contributed by atoms with Gasteiger partial charge in [0.2, 0.25) is 0 Å². The molecule has 0 amide bonds. The zero-order valence-electron chi connectivity index (χ0n) is 3.98. The number of hydrogen-bond acceptors (Lipinski definition) is 1. The minimum atomic E-state index is 0.549. The van der Waals surface area contributed by atoms with Crippen LogP contribution >= 0.6 is 9.24 Å². The van der Waals surface area contributed by atoms with Crippen molar-refractivity contribution in [3.63, 3.8) is 0 Å². The van der Waals surface area contributed by atoms with E-state index in [0.717, 1.165) is 13.0 Å². The minimum Gasteiger partial charge on any atom is -0.376 e. The molecular formula is C4H9OP. The summed E-state index contributed by atoms with van der Waals surface area (Å²) in [6.07, 6.45) is 1.63. The van der Waals surface area contributed by atoms with E-state index >= 15 is 0 Å². The summed E-state index contributed by atoms with van der Waals surface area (Å²) in [7, 11) is 3.83. The van der Waals surface area contributed by atoms with Gasteiger partial charge in [-0.3, -0.25) is 0 Å². The predicted octanol–water partition coefficient (Wildman–Crippen LogP) is 1.78. The fraction of sp³-hybridized carbons (Fsp3) is 1.00. The zero-order chi connectivity index (χ0) is 4.83. The van der Waals surface area contributed by atoms with E-state index in [1.54, 1.807) is 0 Å². The van der Waals surface area contributed by atoms with Crippen LogP contribution < -0.4 is 0 Å². The van der Waals surface area contributed by atoms with Crippen LogP contribution in [0.5, 0.6) is 0 Å². The Labute approximate surface area is 41.3 Å². The maximum absolute atomic E-state index is 4.85. The van der Waals surface area contributed by atoms with Crippen LogP contribution in [0, 0.1) is 0 Å². The summed E-state index contributed by atoms with van der Waals surface area (Å²) in [5, 5.41) is 0. The van der Waals surface area contributed by atoms with Crippen molar-refractivity contribution in [3.8, 4) is 0 Å². The molecule has 0 saturated carbocycles. The first-order chi connectivity index (χ1) is 2.91. The van der Waals surface area contributed by atoms with Gasteiger partial charge in [-0.15, -0.1) is 0 Å². The van der Waals surface area contributed by atoms with Crippen molar-refractivity contribution in [2.45, 2.75) is 13.3 Å². The smallest absolute Gasteiger partial charge is 0.0747 e. The lowest BCUT2D eigenvalue weighted by Crippen LogP contribution is -1.86. The normalized spacial score (nSPS) is 9.00. The van der Waals surface area contributed by atoms with Crippen molar-refractivity contribution < 1.29 is 4.74 Å². The molecule has 36 valence electrons. The summed E-state index contributed by atoms with van der Waals surface area (Å²) in [6.45, 7) is 2.91. The third-order valence-electron chi connectivity index (χ3n) is 0.440. The summed E-state index contributed by atoms with van der Waals surface area (Å²) in [6, 6.07) is 0. The first-order valence-electron chi connectivity index (χ1n) is 2.10. The highest BCUT2D eigenvalue weighted by Crippen LogP contribution is 1.83. The third-order valence-corrected chi connectivity index (χ3v) is 0.622. The Hall–Kier alpha value is 0.390. The molecule has 6 heavy (non-hydrogen) atoms. The van der Waals surface area contributed by atoms with E-state index in [9.17, 15) is 0 Å². The van der Waals surface area contributed by atoms with Crippen LogP contribution in [0.3, 0.4) is 0 Å². The molecule has 0 spiro atoms. The van der Waals surface area contributed by atoms with Crippen molar-refractivity contribution in [2.24, 2.45) is 0 Å². The highest BCUT2D eigenvalue weighted by molar-refractivity contribution is 7.16. The lowest BCUT2D eigenvalue weighted by Gasteiger charge is -1.90. The molecule has 2 radical (unpaired) electrons. The monoisotopic (exact) mass is 104 g/mol. The molecule has 0 unspecified atom stereocenters. The van der Waals surface area contributed by atoms with Crippen LogP contribution in [0.25, 0.3) is 0 Å². The van der Waals surface area contributed by atoms with Gasteiger partial charge < -0.3 is 4.74 Å². The molecule has 0 atom stereocenters. The maximum Gasteiger partial charge on any atom is 0.0747 e. The second-order valence-electron chi connectivity index (χ2n) is 1.04. The van der Waals surface area contributed by atoms with Gasteiger partial charge in [-0.2, -0.15) is 0 Å². The lowest BCUT2D eigenvalue weighted by atomic mass is 10.5. The molecule has 0 heterocycles. The Kier molecular flexibility index (Phi) is 5.74. The highest BCUT2D eigenvalue weighted by atomic mass is 31.0. The van der Waals surface area contributed by atoms with Crippen molar-refractivity contribution in [3.05, 3.63) is 0 Å². The largest absolute Gasteiger partial charge is 0.376 e. The first-order valence-corrected chi connectivity index (χ1v) is 2.73. The summed E-state index contributed by atoms with van der Waals surface area (Å²) in [5.41, 5.74) is 0. The van der Waals surface area contributed by atoms with Gasteiger partial charge in [0.05, 0.1) is 6.35 Å². The molecule has 0 aromatic carbocycles. The van der Waals surface area contributed by atoms with Gasteiger partial charge in [0.15, 0.2) is 0 Å². The lowest BCUT2D eigenvalue weighted by molar-refractivity contribution is 0.183. The Balaban J connectivity index is 2.34. The van der Waals surface area contributed by atoms with Gasteiger partial charge in [0.1, 0.15) is 0 Å². The molecule has 0 aliphatic heterocycles. The number of rotatable bonds is 3. The van der Waals surface area contributed by atoms with Crippen LogP contribution in [0.4, 0.5) is 0 Å². The molecule has 0 aliphatic rings. The maximum atomic E-state index is 4.85. The highest BCUT2D eigenvalue weighted by Gasteiger charge is 1.73. The minimum absolute atomic E-state index is 0.549. The van der Waals surface area contributed by atoms with E-state index in [0.29, 0.717) is 6.35 Å². The molecular weight excluding hydrogens is 95.0 g/mol. The molecule has 0 aromatic heterocycles. The van der Waals surface area contributed by atoms with Gasteiger partial charge in [0.25, 0.3) is 0 Å². The van der Waals surface area contributed by atoms with E-state index < -0.39 is 0 Å². The van der Waals surface area contributed by atoms with E-state index in [2.05, 4.69) is 16.2 Å². The molecule has 0 aliphatic carbocycles. The van der Waals surface area contributed by atoms with Crippen molar-refractivity contribution in [1.82, 2.24) is 0 Å². The van der Waals surface area contributed by atoms with Crippen molar-refractivity contribution >= 4 is 9.24 Å². The molecule has 2 heteroatoms. The summed E-state index contributed by atoms with van der Waals surface area (Å²) in [5.74, 6) is 0. The summed E-state index contributed by atoms with van der Waals surface area (Å²) >= 11 is 0. The zero-order valence-corrected chi connectivity index (χ0v) is 4.87. The Morgan fingerprint density at radius 3 is 2.50 bits per heavy atom. The molecule has 0 rings (SSSR count). The van der Waals surface area contributed by atoms with E-state index in [1.165, 1.54) is 0 Å². The van der Waals surface area contributed by atoms with Crippen LogP contribution in [0.1, 0.15) is 13.3 Å². The Morgan fingerprint density at radius 1 is 1.67 bits per heavy atom.